The number of hydrogen-bond donors (Lipinski definition) is 1. The zero-order valence-corrected chi connectivity index (χ0v) is 7.92. The predicted octanol–water partition coefficient (Wildman–Crippen LogP) is -1.55. The number of nitrogens with zero attached hydrogens (tertiary/aromatic N) is 2. The van der Waals surface area contributed by atoms with Crippen molar-refractivity contribution in [2.75, 3.05) is 0 Å². The summed E-state index contributed by atoms with van der Waals surface area (Å²) in [5, 5.41) is 8.67. The van der Waals surface area contributed by atoms with Crippen LogP contribution in [0.5, 0.6) is 0 Å². The van der Waals surface area contributed by atoms with Crippen LogP contribution in [0.25, 0.3) is 4.98 Å². The molecule has 0 bridgehead atoms. The van der Waals surface area contributed by atoms with Crippen molar-refractivity contribution >= 4 is 0 Å². The molecule has 2 N–H and O–H groups in total. The van der Waals surface area contributed by atoms with Gasteiger partial charge in [-0.15, -0.1) is 0 Å². The van der Waals surface area contributed by atoms with E-state index in [4.69, 9.17) is 11.1 Å². The molecule has 0 aromatic carbocycles. The molecule has 0 fully saturated rings. The fraction of sp³-hybridized carbons (Fsp3) is 0.500. The second-order valence-electron chi connectivity index (χ2n) is 3.10. The number of diazo groups is 1. The van der Waals surface area contributed by atoms with Gasteiger partial charge in [-0.3, -0.25) is 0 Å². The van der Waals surface area contributed by atoms with Crippen LogP contribution < -0.4 is 18.1 Å². The number of rotatable bonds is 0. The Balaban J connectivity index is 0.00000121. The Hall–Kier alpha value is -0.850. The minimum absolute atomic E-state index is 0. The van der Waals surface area contributed by atoms with E-state index >= 15 is 0 Å². The number of halogens is 1. The van der Waals surface area contributed by atoms with E-state index in [1.807, 2.05) is 25.2 Å². The highest BCUT2D eigenvalue weighted by atomic mass is 35.5. The normalized spacial score (nSPS) is 33.2. The first-order valence-electron chi connectivity index (χ1n) is 3.58. The monoisotopic (exact) mass is 185 g/mol. The third-order valence-corrected chi connectivity index (χ3v) is 2.02. The molecular weight excluding hydrogens is 174 g/mol. The quantitative estimate of drug-likeness (QED) is 0.465. The largest absolute Gasteiger partial charge is 1.00 e. The lowest BCUT2D eigenvalue weighted by atomic mass is 9.87. The van der Waals surface area contributed by atoms with Gasteiger partial charge in [0.2, 0.25) is 5.39 Å². The Bertz CT molecular complexity index is 264. The molecule has 2 atom stereocenters. The summed E-state index contributed by atoms with van der Waals surface area (Å²) in [4.78, 5) is 3.24. The molecule has 0 spiro atoms. The molecule has 0 aromatic rings. The molecule has 12 heavy (non-hydrogen) atoms. The lowest BCUT2D eigenvalue weighted by Crippen LogP contribution is -3.00. The summed E-state index contributed by atoms with van der Waals surface area (Å²) in [6.07, 6.45) is 5.61. The van der Waals surface area contributed by atoms with Crippen LogP contribution in [0.4, 0.5) is 0 Å². The van der Waals surface area contributed by atoms with Gasteiger partial charge in [-0.2, -0.15) is 0 Å². The van der Waals surface area contributed by atoms with Gasteiger partial charge in [0.25, 0.3) is 0 Å². The van der Waals surface area contributed by atoms with Crippen molar-refractivity contribution in [3.63, 3.8) is 0 Å². The molecule has 3 nitrogen and oxygen atoms in total. The van der Waals surface area contributed by atoms with Crippen molar-refractivity contribution in [1.29, 1.82) is 5.39 Å². The molecule has 0 aliphatic heterocycles. The molecule has 1 rings (SSSR count). The van der Waals surface area contributed by atoms with Gasteiger partial charge >= 0.3 is 5.54 Å². The average molecular weight is 186 g/mol. The second kappa shape index (κ2) is 3.70. The molecule has 1 aliphatic rings. The van der Waals surface area contributed by atoms with Gasteiger partial charge in [0.05, 0.1) is 0 Å². The van der Waals surface area contributed by atoms with E-state index in [1.54, 1.807) is 6.92 Å². The number of allylic oxidation sites excluding steroid dienone is 2. The molecule has 0 heterocycles. The molecule has 0 saturated heterocycles. The topological polar surface area (TPSA) is 54.2 Å². The summed E-state index contributed by atoms with van der Waals surface area (Å²) in [6, 6.07) is -0.225. The highest BCUT2D eigenvalue weighted by Gasteiger charge is 2.42. The van der Waals surface area contributed by atoms with Crippen molar-refractivity contribution in [3.05, 3.63) is 28.8 Å². The van der Waals surface area contributed by atoms with Gasteiger partial charge < -0.3 is 18.1 Å². The Kier molecular flexibility index (Phi) is 3.44. The van der Waals surface area contributed by atoms with Crippen molar-refractivity contribution < 1.29 is 12.4 Å². The standard InChI is InChI=1S/C8H12N3.ClH/c1-6-3-4-8(2,11-10)7(9)5-6;/h3-5,7H,9H2,1-2H3;1H/q+1;/p-1. The first-order chi connectivity index (χ1) is 5.08. The maximum Gasteiger partial charge on any atom is 0.356 e. The van der Waals surface area contributed by atoms with E-state index < -0.39 is 5.54 Å². The van der Waals surface area contributed by atoms with Crippen LogP contribution in [0.2, 0.25) is 0 Å². The molecule has 0 aromatic heterocycles. The molecule has 4 heteroatoms. The predicted molar refractivity (Wildman–Crippen MR) is 44.4 cm³/mol. The van der Waals surface area contributed by atoms with E-state index in [0.29, 0.717) is 0 Å². The summed E-state index contributed by atoms with van der Waals surface area (Å²) in [5.41, 5.74) is 6.20. The van der Waals surface area contributed by atoms with E-state index in [9.17, 15) is 0 Å². The summed E-state index contributed by atoms with van der Waals surface area (Å²) < 4.78 is 0. The van der Waals surface area contributed by atoms with Crippen LogP contribution in [0, 0.1) is 5.39 Å². The molecule has 0 amide bonds. The highest BCUT2D eigenvalue weighted by Crippen LogP contribution is 2.23. The summed E-state index contributed by atoms with van der Waals surface area (Å²) >= 11 is 0. The molecule has 66 valence electrons. The van der Waals surface area contributed by atoms with Gasteiger partial charge in [-0.1, -0.05) is 17.7 Å². The zero-order chi connectivity index (χ0) is 8.48. The summed E-state index contributed by atoms with van der Waals surface area (Å²) in [5.74, 6) is 0. The fourth-order valence-corrected chi connectivity index (χ4v) is 1.02. The Morgan fingerprint density at radius 1 is 1.67 bits per heavy atom. The third kappa shape index (κ3) is 1.84. The SMILES string of the molecule is CC1=CC(N)C(C)([N+]#N)C=C1.[Cl-]. The maximum atomic E-state index is 8.67. The maximum absolute atomic E-state index is 8.67. The average Bonchev–Trinajstić information content (AvgIpc) is 1.98. The smallest absolute Gasteiger partial charge is 0.356 e. The van der Waals surface area contributed by atoms with E-state index in [2.05, 4.69) is 4.98 Å². The van der Waals surface area contributed by atoms with E-state index in [0.717, 1.165) is 5.57 Å². The fourth-order valence-electron chi connectivity index (χ4n) is 1.02. The van der Waals surface area contributed by atoms with Crippen LogP contribution in [0.3, 0.4) is 0 Å². The van der Waals surface area contributed by atoms with Crippen molar-refractivity contribution in [1.82, 2.24) is 0 Å². The minimum atomic E-state index is -0.639. The minimum Gasteiger partial charge on any atom is -1.00 e. The molecular formula is C8H12ClN3. The van der Waals surface area contributed by atoms with E-state index in [1.165, 1.54) is 0 Å². The van der Waals surface area contributed by atoms with Gasteiger partial charge in [0.15, 0.2) is 0 Å². The highest BCUT2D eigenvalue weighted by molar-refractivity contribution is 5.34. The van der Waals surface area contributed by atoms with Gasteiger partial charge in [0, 0.05) is 13.0 Å². The van der Waals surface area contributed by atoms with Gasteiger partial charge in [-0.25, -0.2) is 0 Å². The lowest BCUT2D eigenvalue weighted by molar-refractivity contribution is -0.00000276. The second-order valence-corrected chi connectivity index (χ2v) is 3.10. The van der Waals surface area contributed by atoms with Crippen LogP contribution in [0.1, 0.15) is 13.8 Å². The first kappa shape index (κ1) is 11.2. The van der Waals surface area contributed by atoms with Crippen LogP contribution in [-0.2, 0) is 0 Å². The van der Waals surface area contributed by atoms with Crippen LogP contribution in [-0.4, -0.2) is 11.6 Å². The van der Waals surface area contributed by atoms with Gasteiger partial charge in [-0.05, 0) is 6.92 Å². The first-order valence-corrected chi connectivity index (χ1v) is 3.58. The van der Waals surface area contributed by atoms with Gasteiger partial charge in [0.1, 0.15) is 11.0 Å². The zero-order valence-electron chi connectivity index (χ0n) is 7.16. The summed E-state index contributed by atoms with van der Waals surface area (Å²) in [6.45, 7) is 3.75. The van der Waals surface area contributed by atoms with Crippen molar-refractivity contribution in [3.8, 4) is 0 Å². The van der Waals surface area contributed by atoms with Crippen molar-refractivity contribution in [2.45, 2.75) is 25.4 Å². The number of nitrogens with two attached hydrogens (primary N) is 1. The Morgan fingerprint density at radius 2 is 2.25 bits per heavy atom. The molecule has 0 saturated carbocycles. The molecule has 1 aliphatic carbocycles. The van der Waals surface area contributed by atoms with E-state index in [-0.39, 0.29) is 18.4 Å². The lowest BCUT2D eigenvalue weighted by Gasteiger charge is -2.15. The van der Waals surface area contributed by atoms with Crippen molar-refractivity contribution in [2.24, 2.45) is 5.73 Å². The van der Waals surface area contributed by atoms with Crippen LogP contribution >= 0.6 is 0 Å². The summed E-state index contributed by atoms with van der Waals surface area (Å²) in [7, 11) is 0. The third-order valence-electron chi connectivity index (χ3n) is 2.02. The molecule has 2 unspecified atom stereocenters. The van der Waals surface area contributed by atoms with Crippen LogP contribution in [0.15, 0.2) is 23.8 Å². The Morgan fingerprint density at radius 3 is 2.67 bits per heavy atom. The number of hydrogen-bond acceptors (Lipinski definition) is 2. The molecule has 0 radical (unpaired) electrons. The Labute approximate surface area is 78.4 Å².